The quantitative estimate of drug-likeness (QED) is 0.158. The zero-order valence-electron chi connectivity index (χ0n) is 21.9. The van der Waals surface area contributed by atoms with Gasteiger partial charge in [-0.1, -0.05) is 66.7 Å². The van der Waals surface area contributed by atoms with E-state index in [0.29, 0.717) is 17.5 Å². The highest BCUT2D eigenvalue weighted by molar-refractivity contribution is 8.18. The molecule has 3 aromatic carbocycles. The van der Waals surface area contributed by atoms with Crippen LogP contribution in [0.5, 0.6) is 5.75 Å². The van der Waals surface area contributed by atoms with Crippen molar-refractivity contribution < 1.29 is 34.1 Å². The maximum absolute atomic E-state index is 12.1. The maximum atomic E-state index is 12.1. The number of carbonyl (C=O) groups is 4. The number of aliphatic hydroxyl groups excluding tert-OH is 1. The van der Waals surface area contributed by atoms with Gasteiger partial charge in [0.2, 0.25) is 0 Å². The van der Waals surface area contributed by atoms with Gasteiger partial charge in [-0.2, -0.15) is 0 Å². The van der Waals surface area contributed by atoms with E-state index in [9.17, 15) is 24.3 Å². The third kappa shape index (κ3) is 10.5. The van der Waals surface area contributed by atoms with Crippen LogP contribution in [0.15, 0.2) is 83.8 Å². The van der Waals surface area contributed by atoms with Crippen molar-refractivity contribution >= 4 is 40.9 Å². The fourth-order valence-electron chi connectivity index (χ4n) is 3.83. The van der Waals surface area contributed by atoms with E-state index < -0.39 is 17.1 Å². The molecule has 3 aromatic rings. The number of imide groups is 1. The summed E-state index contributed by atoms with van der Waals surface area (Å²) in [6.45, 7) is -0.318. The molecule has 8 nitrogen and oxygen atoms in total. The Morgan fingerprint density at radius 3 is 1.98 bits per heavy atom. The summed E-state index contributed by atoms with van der Waals surface area (Å²) in [6.07, 6.45) is 5.11. The molecule has 0 radical (unpaired) electrons. The molecule has 0 unspecified atom stereocenters. The molecule has 0 saturated carbocycles. The largest absolute Gasteiger partial charge is 0.481 e. The molecule has 1 saturated heterocycles. The zero-order valence-corrected chi connectivity index (χ0v) is 22.7. The van der Waals surface area contributed by atoms with Crippen LogP contribution in [-0.4, -0.2) is 33.3 Å². The standard InChI is InChI=1S/C21H19NO5S.C10H12O2/c23-13-16-11-15(12-18-20(25)22-21(26)28-18)9-10-17(16)27-19(24)8-4-7-14-5-2-1-3-6-14;11-10(12)8-4-7-9-5-2-1-3-6-9/h1-3,5-6,9-12,23H,4,7-8,13H2,(H,22,25,26);1-3,5-6H,4,7-8H2,(H,11,12)/b18-12-;. The van der Waals surface area contributed by atoms with Gasteiger partial charge in [-0.05, 0) is 72.3 Å². The SMILES string of the molecule is O=C(CCCc1ccccc1)Oc1ccc(/C=C2\SC(=O)NC2=O)cc1CO.O=C(O)CCCc1ccccc1. The van der Waals surface area contributed by atoms with Gasteiger partial charge in [-0.3, -0.25) is 24.5 Å². The summed E-state index contributed by atoms with van der Waals surface area (Å²) in [4.78, 5) is 45.4. The lowest BCUT2D eigenvalue weighted by Crippen LogP contribution is -2.17. The molecule has 1 heterocycles. The fourth-order valence-corrected chi connectivity index (χ4v) is 4.51. The number of aryl methyl sites for hydroxylation is 2. The van der Waals surface area contributed by atoms with Crippen molar-refractivity contribution in [2.75, 3.05) is 0 Å². The number of amides is 2. The average Bonchev–Trinajstić information content (AvgIpc) is 3.26. The number of ether oxygens (including phenoxy) is 1. The highest BCUT2D eigenvalue weighted by atomic mass is 32.2. The van der Waals surface area contributed by atoms with Gasteiger partial charge in [0, 0.05) is 18.4 Å². The molecule has 0 aromatic heterocycles. The summed E-state index contributed by atoms with van der Waals surface area (Å²) in [5.74, 6) is -1.25. The van der Waals surface area contributed by atoms with Crippen LogP contribution in [0.3, 0.4) is 0 Å². The Labute approximate surface area is 237 Å². The average molecular weight is 562 g/mol. The Hall–Kier alpha value is -4.21. The third-order valence-corrected chi connectivity index (χ3v) is 6.62. The first-order valence-electron chi connectivity index (χ1n) is 12.8. The molecule has 2 amide bonds. The second kappa shape index (κ2) is 16.0. The molecule has 1 aliphatic heterocycles. The maximum Gasteiger partial charge on any atom is 0.311 e. The number of hydrogen-bond acceptors (Lipinski definition) is 7. The molecular weight excluding hydrogens is 530 g/mol. The predicted octanol–water partition coefficient (Wildman–Crippen LogP) is 5.53. The van der Waals surface area contributed by atoms with Crippen molar-refractivity contribution in [3.63, 3.8) is 0 Å². The third-order valence-electron chi connectivity index (χ3n) is 5.81. The molecule has 1 aliphatic rings. The van der Waals surface area contributed by atoms with Gasteiger partial charge in [0.25, 0.3) is 11.1 Å². The highest BCUT2D eigenvalue weighted by Crippen LogP contribution is 2.28. The first kappa shape index (κ1) is 30.3. The summed E-state index contributed by atoms with van der Waals surface area (Å²) in [5.41, 5.74) is 3.43. The molecule has 0 aliphatic carbocycles. The van der Waals surface area contributed by atoms with Crippen LogP contribution >= 0.6 is 11.8 Å². The Bertz CT molecular complexity index is 1340. The molecule has 1 fully saturated rings. The van der Waals surface area contributed by atoms with Crippen molar-refractivity contribution in [1.29, 1.82) is 0 Å². The van der Waals surface area contributed by atoms with E-state index in [-0.39, 0.29) is 36.1 Å². The second-order valence-corrected chi connectivity index (χ2v) is 9.94. The Morgan fingerprint density at radius 1 is 0.850 bits per heavy atom. The minimum atomic E-state index is -0.717. The molecule has 3 N–H and O–H groups in total. The molecule has 4 rings (SSSR count). The predicted molar refractivity (Wildman–Crippen MR) is 154 cm³/mol. The van der Waals surface area contributed by atoms with E-state index in [4.69, 9.17) is 9.84 Å². The number of benzene rings is 3. The van der Waals surface area contributed by atoms with E-state index in [1.165, 1.54) is 5.56 Å². The first-order chi connectivity index (χ1) is 19.3. The van der Waals surface area contributed by atoms with Crippen LogP contribution in [0.1, 0.15) is 47.9 Å². The normalized spacial score (nSPS) is 13.4. The number of aliphatic hydroxyl groups is 1. The van der Waals surface area contributed by atoms with Gasteiger partial charge in [0.05, 0.1) is 11.5 Å². The van der Waals surface area contributed by atoms with Gasteiger partial charge in [0.1, 0.15) is 5.75 Å². The molecule has 0 atom stereocenters. The van der Waals surface area contributed by atoms with Crippen molar-refractivity contribution in [3.05, 3.63) is 106 Å². The van der Waals surface area contributed by atoms with E-state index in [1.54, 1.807) is 24.3 Å². The summed E-state index contributed by atoms with van der Waals surface area (Å²) in [7, 11) is 0. The Morgan fingerprint density at radius 2 is 1.45 bits per heavy atom. The van der Waals surface area contributed by atoms with Crippen LogP contribution in [0.2, 0.25) is 0 Å². The highest BCUT2D eigenvalue weighted by Gasteiger charge is 2.25. The number of carboxylic acid groups (broad SMARTS) is 1. The van der Waals surface area contributed by atoms with Gasteiger partial charge in [-0.15, -0.1) is 0 Å². The van der Waals surface area contributed by atoms with E-state index in [1.807, 2.05) is 60.7 Å². The topological polar surface area (TPSA) is 130 Å². The lowest BCUT2D eigenvalue weighted by atomic mass is 10.1. The number of aliphatic carboxylic acids is 1. The zero-order chi connectivity index (χ0) is 28.7. The number of hydrogen-bond donors (Lipinski definition) is 3. The van der Waals surface area contributed by atoms with Crippen molar-refractivity contribution in [1.82, 2.24) is 5.32 Å². The molecule has 208 valence electrons. The second-order valence-electron chi connectivity index (χ2n) is 8.92. The molecular formula is C31H31NO7S. The lowest BCUT2D eigenvalue weighted by Gasteiger charge is -2.10. The fraction of sp³-hybridized carbons (Fsp3) is 0.226. The molecule has 0 spiro atoms. The number of carboxylic acids is 1. The van der Waals surface area contributed by atoms with E-state index in [2.05, 4.69) is 5.32 Å². The Balaban J connectivity index is 0.000000307. The summed E-state index contributed by atoms with van der Waals surface area (Å²) in [6, 6.07) is 24.7. The molecule has 9 heteroatoms. The van der Waals surface area contributed by atoms with Crippen LogP contribution in [-0.2, 0) is 33.8 Å². The van der Waals surface area contributed by atoms with Crippen molar-refractivity contribution in [2.45, 2.75) is 45.1 Å². The summed E-state index contributed by atoms with van der Waals surface area (Å²) in [5, 5.41) is 19.7. The van der Waals surface area contributed by atoms with Gasteiger partial charge >= 0.3 is 11.9 Å². The number of rotatable bonds is 11. The minimum absolute atomic E-state index is 0.259. The first-order valence-corrected chi connectivity index (χ1v) is 13.6. The number of thioether (sulfide) groups is 1. The van der Waals surface area contributed by atoms with Gasteiger partial charge < -0.3 is 14.9 Å². The van der Waals surface area contributed by atoms with E-state index in [0.717, 1.165) is 36.6 Å². The number of carbonyl (C=O) groups excluding carboxylic acids is 3. The van der Waals surface area contributed by atoms with Crippen molar-refractivity contribution in [3.8, 4) is 5.75 Å². The molecule has 40 heavy (non-hydrogen) atoms. The summed E-state index contributed by atoms with van der Waals surface area (Å²) < 4.78 is 5.38. The minimum Gasteiger partial charge on any atom is -0.481 e. The smallest absolute Gasteiger partial charge is 0.311 e. The number of esters is 1. The van der Waals surface area contributed by atoms with Crippen LogP contribution in [0.25, 0.3) is 6.08 Å². The van der Waals surface area contributed by atoms with Crippen LogP contribution < -0.4 is 10.1 Å². The monoisotopic (exact) mass is 561 g/mol. The van der Waals surface area contributed by atoms with Gasteiger partial charge in [-0.25, -0.2) is 0 Å². The van der Waals surface area contributed by atoms with E-state index >= 15 is 0 Å². The van der Waals surface area contributed by atoms with Gasteiger partial charge in [0.15, 0.2) is 0 Å². The molecule has 0 bridgehead atoms. The van der Waals surface area contributed by atoms with Crippen molar-refractivity contribution in [2.24, 2.45) is 0 Å². The van der Waals surface area contributed by atoms with Crippen LogP contribution in [0.4, 0.5) is 4.79 Å². The van der Waals surface area contributed by atoms with Crippen LogP contribution in [0, 0.1) is 0 Å². The lowest BCUT2D eigenvalue weighted by molar-refractivity contribution is -0.137. The summed E-state index contributed by atoms with van der Waals surface area (Å²) >= 11 is 0.818. The number of nitrogens with one attached hydrogen (secondary N) is 1. The Kier molecular flexibility index (Phi) is 12.2.